The number of unbranched alkanes of at least 4 members (excludes halogenated alkanes) is 1. The van der Waals surface area contributed by atoms with E-state index in [1.165, 1.54) is 21.8 Å². The third-order valence-electron chi connectivity index (χ3n) is 1.76. The molecule has 0 aliphatic carbocycles. The van der Waals surface area contributed by atoms with E-state index in [2.05, 4.69) is 4.72 Å². The second-order valence-electron chi connectivity index (χ2n) is 3.06. The van der Waals surface area contributed by atoms with Gasteiger partial charge in [-0.2, -0.15) is 0 Å². The third-order valence-corrected chi connectivity index (χ3v) is 3.70. The maximum atomic E-state index is 11.2. The third kappa shape index (κ3) is 5.82. The first-order chi connectivity index (χ1) is 7.83. The van der Waals surface area contributed by atoms with Crippen molar-refractivity contribution in [3.63, 3.8) is 0 Å². The van der Waals surface area contributed by atoms with Crippen LogP contribution < -0.4 is 4.72 Å². The lowest BCUT2D eigenvalue weighted by Crippen LogP contribution is -2.13. The fourth-order valence-electron chi connectivity index (χ4n) is 0.988. The first-order valence-corrected chi connectivity index (χ1v) is 7.09. The SMILES string of the molecule is O=CCCCC(=O)NSSc1ccccc1. The summed E-state index contributed by atoms with van der Waals surface area (Å²) in [7, 11) is 2.80. The molecule has 0 aliphatic heterocycles. The summed E-state index contributed by atoms with van der Waals surface area (Å²) in [4.78, 5) is 22.4. The smallest absolute Gasteiger partial charge is 0.230 e. The molecule has 1 rings (SSSR count). The molecule has 16 heavy (non-hydrogen) atoms. The highest BCUT2D eigenvalue weighted by Gasteiger charge is 2.01. The number of rotatable bonds is 7. The van der Waals surface area contributed by atoms with Crippen LogP contribution in [0.1, 0.15) is 19.3 Å². The molecule has 0 bridgehead atoms. The van der Waals surface area contributed by atoms with Crippen LogP contribution in [0, 0.1) is 0 Å². The summed E-state index contributed by atoms with van der Waals surface area (Å²) in [6, 6.07) is 9.82. The molecule has 3 nitrogen and oxygen atoms in total. The van der Waals surface area contributed by atoms with Crippen LogP contribution in [-0.2, 0) is 9.59 Å². The van der Waals surface area contributed by atoms with Gasteiger partial charge in [-0.1, -0.05) is 18.2 Å². The lowest BCUT2D eigenvalue weighted by molar-refractivity contribution is -0.119. The van der Waals surface area contributed by atoms with Gasteiger partial charge in [0.15, 0.2) is 0 Å². The Morgan fingerprint density at radius 3 is 2.75 bits per heavy atom. The van der Waals surface area contributed by atoms with Crippen molar-refractivity contribution < 1.29 is 9.59 Å². The summed E-state index contributed by atoms with van der Waals surface area (Å²) >= 11 is 0. The zero-order chi connectivity index (χ0) is 11.6. The highest BCUT2D eigenvalue weighted by Crippen LogP contribution is 2.27. The van der Waals surface area contributed by atoms with Crippen LogP contribution in [0.3, 0.4) is 0 Å². The predicted octanol–water partition coefficient (Wildman–Crippen LogP) is 2.83. The van der Waals surface area contributed by atoms with Gasteiger partial charge in [-0.05, 0) is 29.3 Å². The van der Waals surface area contributed by atoms with Gasteiger partial charge in [-0.3, -0.25) is 9.52 Å². The second-order valence-corrected chi connectivity index (χ2v) is 5.07. The van der Waals surface area contributed by atoms with Gasteiger partial charge in [0.1, 0.15) is 6.29 Å². The van der Waals surface area contributed by atoms with Gasteiger partial charge in [0.25, 0.3) is 0 Å². The van der Waals surface area contributed by atoms with E-state index in [1.54, 1.807) is 0 Å². The molecule has 1 amide bonds. The predicted molar refractivity (Wildman–Crippen MR) is 67.9 cm³/mol. The Bertz CT molecular complexity index is 330. The van der Waals surface area contributed by atoms with E-state index in [9.17, 15) is 9.59 Å². The number of hydrogen-bond acceptors (Lipinski definition) is 4. The van der Waals surface area contributed by atoms with E-state index < -0.39 is 0 Å². The topological polar surface area (TPSA) is 46.2 Å². The zero-order valence-corrected chi connectivity index (χ0v) is 10.4. The van der Waals surface area contributed by atoms with Crippen molar-refractivity contribution in [1.29, 1.82) is 0 Å². The summed E-state index contributed by atoms with van der Waals surface area (Å²) in [6.45, 7) is 0. The molecule has 0 unspecified atom stereocenters. The van der Waals surface area contributed by atoms with Crippen molar-refractivity contribution in [3.05, 3.63) is 30.3 Å². The Labute approximate surface area is 103 Å². The van der Waals surface area contributed by atoms with Gasteiger partial charge >= 0.3 is 0 Å². The van der Waals surface area contributed by atoms with Crippen molar-refractivity contribution in [2.75, 3.05) is 0 Å². The monoisotopic (exact) mass is 255 g/mol. The van der Waals surface area contributed by atoms with Gasteiger partial charge in [0.05, 0.1) is 0 Å². The minimum absolute atomic E-state index is 0.0321. The maximum Gasteiger partial charge on any atom is 0.230 e. The molecule has 0 saturated heterocycles. The van der Waals surface area contributed by atoms with Crippen molar-refractivity contribution in [3.8, 4) is 0 Å². The van der Waals surface area contributed by atoms with Gasteiger partial charge < -0.3 is 4.79 Å². The number of benzene rings is 1. The quantitative estimate of drug-likeness (QED) is 0.352. The molecule has 1 N–H and O–H groups in total. The van der Waals surface area contributed by atoms with Crippen LogP contribution in [0.25, 0.3) is 0 Å². The molecule has 0 atom stereocenters. The molecule has 0 aliphatic rings. The molecule has 1 aromatic carbocycles. The zero-order valence-electron chi connectivity index (χ0n) is 8.72. The minimum atomic E-state index is -0.0321. The van der Waals surface area contributed by atoms with E-state index in [0.717, 1.165) is 11.2 Å². The van der Waals surface area contributed by atoms with Crippen molar-refractivity contribution in [2.45, 2.75) is 24.2 Å². The normalized spacial score (nSPS) is 9.75. The summed E-state index contributed by atoms with van der Waals surface area (Å²) in [6.07, 6.45) is 2.30. The Morgan fingerprint density at radius 2 is 2.06 bits per heavy atom. The van der Waals surface area contributed by atoms with Crippen LogP contribution >= 0.6 is 21.8 Å². The van der Waals surface area contributed by atoms with Gasteiger partial charge in [-0.25, -0.2) is 0 Å². The van der Waals surface area contributed by atoms with E-state index in [-0.39, 0.29) is 5.91 Å². The Balaban J connectivity index is 2.11. The van der Waals surface area contributed by atoms with Gasteiger partial charge in [0, 0.05) is 28.7 Å². The summed E-state index contributed by atoms with van der Waals surface area (Å²) in [5.74, 6) is -0.0321. The van der Waals surface area contributed by atoms with Crippen molar-refractivity contribution in [1.82, 2.24) is 4.72 Å². The van der Waals surface area contributed by atoms with E-state index in [0.29, 0.717) is 19.3 Å². The number of carbonyl (C=O) groups is 2. The van der Waals surface area contributed by atoms with Crippen molar-refractivity contribution >= 4 is 34.0 Å². The first-order valence-electron chi connectivity index (χ1n) is 4.94. The molecular formula is C11H13NO2S2. The van der Waals surface area contributed by atoms with Crippen LogP contribution in [0.4, 0.5) is 0 Å². The average molecular weight is 255 g/mol. The molecule has 0 heterocycles. The lowest BCUT2D eigenvalue weighted by Gasteiger charge is -2.02. The van der Waals surface area contributed by atoms with E-state index in [4.69, 9.17) is 0 Å². The molecule has 86 valence electrons. The number of nitrogens with one attached hydrogen (secondary N) is 1. The summed E-state index contributed by atoms with van der Waals surface area (Å²) in [5.41, 5.74) is 0. The second kappa shape index (κ2) is 8.24. The van der Waals surface area contributed by atoms with E-state index in [1.807, 2.05) is 30.3 Å². The Morgan fingerprint density at radius 1 is 1.31 bits per heavy atom. The van der Waals surface area contributed by atoms with Crippen LogP contribution in [0.15, 0.2) is 35.2 Å². The van der Waals surface area contributed by atoms with Gasteiger partial charge in [-0.15, -0.1) is 0 Å². The van der Waals surface area contributed by atoms with Gasteiger partial charge in [0.2, 0.25) is 5.91 Å². The summed E-state index contributed by atoms with van der Waals surface area (Å²) < 4.78 is 2.71. The molecule has 5 heteroatoms. The highest BCUT2D eigenvalue weighted by molar-refractivity contribution is 8.76. The number of carbonyl (C=O) groups excluding carboxylic acids is 2. The standard InChI is InChI=1S/C11H13NO2S2/c13-9-5-4-8-11(14)12-16-15-10-6-2-1-3-7-10/h1-3,6-7,9H,4-5,8H2,(H,12,14). The molecule has 0 spiro atoms. The summed E-state index contributed by atoms with van der Waals surface area (Å²) in [5, 5.41) is 0. The lowest BCUT2D eigenvalue weighted by atomic mass is 10.2. The fraction of sp³-hybridized carbons (Fsp3) is 0.273. The molecule has 0 aromatic heterocycles. The minimum Gasteiger partial charge on any atom is -0.303 e. The molecule has 0 saturated carbocycles. The fourth-order valence-corrected chi connectivity index (χ4v) is 2.62. The number of amides is 1. The largest absolute Gasteiger partial charge is 0.303 e. The molecule has 0 radical (unpaired) electrons. The molecule has 0 fully saturated rings. The number of aldehydes is 1. The van der Waals surface area contributed by atoms with Crippen molar-refractivity contribution in [2.24, 2.45) is 0 Å². The Kier molecular flexibility index (Phi) is 6.76. The van der Waals surface area contributed by atoms with E-state index >= 15 is 0 Å². The molecular weight excluding hydrogens is 242 g/mol. The molecule has 1 aromatic rings. The number of hydrogen-bond donors (Lipinski definition) is 1. The van der Waals surface area contributed by atoms with Crippen LogP contribution in [-0.4, -0.2) is 12.2 Å². The Hall–Kier alpha value is -0.940. The van der Waals surface area contributed by atoms with Crippen LogP contribution in [0.5, 0.6) is 0 Å². The first kappa shape index (κ1) is 13.1. The highest BCUT2D eigenvalue weighted by atomic mass is 33.1. The maximum absolute atomic E-state index is 11.2. The average Bonchev–Trinajstić information content (AvgIpc) is 2.31. The van der Waals surface area contributed by atoms with Crippen LogP contribution in [0.2, 0.25) is 0 Å².